The van der Waals surface area contributed by atoms with Gasteiger partial charge in [-0.05, 0) is 34.9 Å². The number of fused-ring (bicyclic) bond motifs is 1. The fourth-order valence-electron chi connectivity index (χ4n) is 2.13. The van der Waals surface area contributed by atoms with E-state index in [0.717, 1.165) is 16.7 Å². The zero-order chi connectivity index (χ0) is 13.4. The first kappa shape index (κ1) is 11.6. The Balaban J connectivity index is 2.01. The van der Waals surface area contributed by atoms with Crippen molar-refractivity contribution in [1.82, 2.24) is 0 Å². The van der Waals surface area contributed by atoms with Crippen molar-refractivity contribution < 1.29 is 14.3 Å². The lowest BCUT2D eigenvalue weighted by Gasteiger charge is -2.03. The molecule has 0 spiro atoms. The summed E-state index contributed by atoms with van der Waals surface area (Å²) in [5, 5.41) is 8.93. The number of hydrogen-bond acceptors (Lipinski definition) is 2. The fourth-order valence-corrected chi connectivity index (χ4v) is 2.13. The third-order valence-electron chi connectivity index (χ3n) is 3.12. The van der Waals surface area contributed by atoms with Crippen LogP contribution in [0.15, 0.2) is 47.5 Å². The molecule has 4 heteroatoms. The van der Waals surface area contributed by atoms with Crippen LogP contribution in [0.3, 0.4) is 0 Å². The van der Waals surface area contributed by atoms with E-state index in [-0.39, 0.29) is 11.5 Å². The van der Waals surface area contributed by atoms with Crippen LogP contribution >= 0.6 is 0 Å². The van der Waals surface area contributed by atoms with Crippen LogP contribution in [-0.4, -0.2) is 16.8 Å². The minimum atomic E-state index is -0.987. The Labute approximate surface area is 109 Å². The molecule has 0 fully saturated rings. The fraction of sp³-hybridized carbons (Fsp3) is 0.0667. The number of benzene rings is 2. The molecule has 0 aromatic heterocycles. The van der Waals surface area contributed by atoms with E-state index < -0.39 is 5.97 Å². The van der Waals surface area contributed by atoms with Crippen LogP contribution in [0.1, 0.15) is 5.56 Å². The average Bonchev–Trinajstić information content (AvgIpc) is 2.82. The summed E-state index contributed by atoms with van der Waals surface area (Å²) in [7, 11) is 0. The summed E-state index contributed by atoms with van der Waals surface area (Å²) in [6, 6.07) is 11.8. The van der Waals surface area contributed by atoms with Gasteiger partial charge in [0, 0.05) is 6.42 Å². The van der Waals surface area contributed by atoms with Crippen molar-refractivity contribution in [1.29, 1.82) is 0 Å². The van der Waals surface area contributed by atoms with Crippen LogP contribution in [0.2, 0.25) is 0 Å². The third kappa shape index (κ3) is 2.12. The molecule has 3 nitrogen and oxygen atoms in total. The summed E-state index contributed by atoms with van der Waals surface area (Å²) in [4.78, 5) is 15.0. The zero-order valence-electron chi connectivity index (χ0n) is 9.93. The molecule has 1 aliphatic rings. The second kappa shape index (κ2) is 4.31. The molecule has 1 aliphatic heterocycles. The molecular weight excluding hydrogens is 245 g/mol. The van der Waals surface area contributed by atoms with Gasteiger partial charge >= 0.3 is 5.97 Å². The molecule has 0 amide bonds. The summed E-state index contributed by atoms with van der Waals surface area (Å²) < 4.78 is 12.9. The first-order valence-electron chi connectivity index (χ1n) is 5.83. The minimum Gasteiger partial charge on any atom is -0.477 e. The van der Waals surface area contributed by atoms with E-state index in [9.17, 15) is 9.18 Å². The van der Waals surface area contributed by atoms with Gasteiger partial charge in [-0.3, -0.25) is 0 Å². The van der Waals surface area contributed by atoms with Crippen molar-refractivity contribution in [3.63, 3.8) is 0 Å². The highest BCUT2D eigenvalue weighted by atomic mass is 19.1. The first-order chi connectivity index (χ1) is 9.13. The normalized spacial score (nSPS) is 13.0. The molecule has 0 unspecified atom stereocenters. The Morgan fingerprint density at radius 1 is 1.11 bits per heavy atom. The van der Waals surface area contributed by atoms with E-state index >= 15 is 0 Å². The smallest absolute Gasteiger partial charge is 0.350 e. The number of aliphatic carboxylic acids is 1. The summed E-state index contributed by atoms with van der Waals surface area (Å²) in [6.45, 7) is 0. The maximum atomic E-state index is 12.9. The van der Waals surface area contributed by atoms with Crippen LogP contribution in [-0.2, 0) is 11.2 Å². The topological polar surface area (TPSA) is 49.7 Å². The van der Waals surface area contributed by atoms with E-state index in [4.69, 9.17) is 5.11 Å². The summed E-state index contributed by atoms with van der Waals surface area (Å²) in [6.07, 6.45) is 0.356. The van der Waals surface area contributed by atoms with Gasteiger partial charge in [0.15, 0.2) is 0 Å². The second-order valence-electron chi connectivity index (χ2n) is 4.39. The van der Waals surface area contributed by atoms with Crippen LogP contribution in [0.25, 0.3) is 11.1 Å². The van der Waals surface area contributed by atoms with Crippen molar-refractivity contribution in [2.45, 2.75) is 6.42 Å². The van der Waals surface area contributed by atoms with Crippen molar-refractivity contribution in [2.75, 3.05) is 0 Å². The first-order valence-corrected chi connectivity index (χ1v) is 5.83. The monoisotopic (exact) mass is 255 g/mol. The number of halogens is 1. The van der Waals surface area contributed by atoms with Crippen LogP contribution in [0, 0.1) is 5.82 Å². The van der Waals surface area contributed by atoms with Crippen LogP contribution < -0.4 is 0 Å². The lowest BCUT2D eigenvalue weighted by atomic mass is 10.0. The van der Waals surface area contributed by atoms with E-state index in [2.05, 4.69) is 4.99 Å². The molecule has 0 saturated heterocycles. The van der Waals surface area contributed by atoms with Crippen molar-refractivity contribution in [3.8, 4) is 11.1 Å². The minimum absolute atomic E-state index is 0.159. The second-order valence-corrected chi connectivity index (χ2v) is 4.39. The number of hydrogen-bond donors (Lipinski definition) is 1. The van der Waals surface area contributed by atoms with Crippen molar-refractivity contribution in [2.24, 2.45) is 4.99 Å². The molecular formula is C15H10FNO2. The summed E-state index contributed by atoms with van der Waals surface area (Å²) in [5.74, 6) is -1.27. The van der Waals surface area contributed by atoms with Gasteiger partial charge in [0.25, 0.3) is 0 Å². The highest BCUT2D eigenvalue weighted by molar-refractivity contribution is 6.37. The van der Waals surface area contributed by atoms with Crippen molar-refractivity contribution >= 4 is 17.4 Å². The highest BCUT2D eigenvalue weighted by Crippen LogP contribution is 2.32. The van der Waals surface area contributed by atoms with Gasteiger partial charge in [-0.1, -0.05) is 24.3 Å². The quantitative estimate of drug-likeness (QED) is 0.895. The van der Waals surface area contributed by atoms with Gasteiger partial charge in [-0.25, -0.2) is 14.2 Å². The molecule has 0 bridgehead atoms. The maximum Gasteiger partial charge on any atom is 0.350 e. The Kier molecular flexibility index (Phi) is 2.63. The standard InChI is InChI=1S/C15H10FNO2/c16-12-5-3-9(4-6-12)10-1-2-11-8-14(15(18)19)17-13(11)7-10/h1-7H,8H2,(H,18,19). The molecule has 0 aliphatic carbocycles. The number of carboxylic acids is 1. The molecule has 0 saturated carbocycles. The SMILES string of the molecule is O=C(O)C1=Nc2cc(-c3ccc(F)cc3)ccc2C1. The molecule has 1 N–H and O–H groups in total. The van der Waals surface area contributed by atoms with E-state index in [1.807, 2.05) is 18.2 Å². The Morgan fingerprint density at radius 2 is 1.79 bits per heavy atom. The van der Waals surface area contributed by atoms with E-state index in [0.29, 0.717) is 12.1 Å². The van der Waals surface area contributed by atoms with Gasteiger partial charge in [-0.2, -0.15) is 0 Å². The number of carbonyl (C=O) groups is 1. The molecule has 0 radical (unpaired) electrons. The molecule has 2 aromatic rings. The zero-order valence-corrected chi connectivity index (χ0v) is 9.93. The Morgan fingerprint density at radius 3 is 2.47 bits per heavy atom. The van der Waals surface area contributed by atoms with Crippen LogP contribution in [0.4, 0.5) is 10.1 Å². The van der Waals surface area contributed by atoms with Gasteiger partial charge in [-0.15, -0.1) is 0 Å². The predicted molar refractivity (Wildman–Crippen MR) is 70.3 cm³/mol. The molecule has 3 rings (SSSR count). The van der Waals surface area contributed by atoms with Crippen molar-refractivity contribution in [3.05, 3.63) is 53.8 Å². The van der Waals surface area contributed by atoms with Gasteiger partial charge in [0.2, 0.25) is 0 Å². The summed E-state index contributed by atoms with van der Waals surface area (Å²) in [5.41, 5.74) is 3.52. The number of rotatable bonds is 2. The predicted octanol–water partition coefficient (Wildman–Crippen LogP) is 3.21. The summed E-state index contributed by atoms with van der Waals surface area (Å²) >= 11 is 0. The highest BCUT2D eigenvalue weighted by Gasteiger charge is 2.20. The number of nitrogens with zero attached hydrogens (tertiary/aromatic N) is 1. The lowest BCUT2D eigenvalue weighted by Crippen LogP contribution is -2.11. The Hall–Kier alpha value is -2.49. The van der Waals surface area contributed by atoms with E-state index in [1.165, 1.54) is 12.1 Å². The lowest BCUT2D eigenvalue weighted by molar-refractivity contribution is -0.129. The average molecular weight is 255 g/mol. The van der Waals surface area contributed by atoms with Gasteiger partial charge in [0.05, 0.1) is 5.69 Å². The van der Waals surface area contributed by atoms with E-state index in [1.54, 1.807) is 12.1 Å². The largest absolute Gasteiger partial charge is 0.477 e. The van der Waals surface area contributed by atoms with Gasteiger partial charge < -0.3 is 5.11 Å². The number of aliphatic imine (C=N–C) groups is 1. The third-order valence-corrected chi connectivity index (χ3v) is 3.12. The Bertz CT molecular complexity index is 690. The molecule has 0 atom stereocenters. The van der Waals surface area contributed by atoms with Crippen LogP contribution in [0.5, 0.6) is 0 Å². The molecule has 2 aromatic carbocycles. The molecule has 1 heterocycles. The molecule has 94 valence electrons. The maximum absolute atomic E-state index is 12.9. The molecule has 19 heavy (non-hydrogen) atoms. The van der Waals surface area contributed by atoms with Gasteiger partial charge in [0.1, 0.15) is 11.5 Å². The number of carboxylic acid groups (broad SMARTS) is 1.